The lowest BCUT2D eigenvalue weighted by molar-refractivity contribution is 0.0980. The molecule has 1 aliphatic rings. The number of carbonyl (C=O) groups excluding carboxylic acids is 1. The molecule has 1 unspecified atom stereocenters. The summed E-state index contributed by atoms with van der Waals surface area (Å²) in [6.07, 6.45) is 3.56. The molecule has 0 saturated carbocycles. The highest BCUT2D eigenvalue weighted by Crippen LogP contribution is 2.35. The number of carbonyl (C=O) groups is 1. The van der Waals surface area contributed by atoms with Crippen LogP contribution in [-0.2, 0) is 27.2 Å². The van der Waals surface area contributed by atoms with Gasteiger partial charge in [-0.25, -0.2) is 9.97 Å². The molecule has 220 valence electrons. The molecular weight excluding hydrogens is 584 g/mol. The molecule has 0 fully saturated rings. The summed E-state index contributed by atoms with van der Waals surface area (Å²) in [5.74, 6) is 0.238. The first-order valence-electron chi connectivity index (χ1n) is 13.8. The molecule has 1 aliphatic heterocycles. The van der Waals surface area contributed by atoms with E-state index in [-0.39, 0.29) is 28.4 Å². The van der Waals surface area contributed by atoms with E-state index in [0.717, 1.165) is 22.4 Å². The van der Waals surface area contributed by atoms with E-state index in [1.165, 1.54) is 23.1 Å². The largest absolute Gasteiger partial charge is 0.377 e. The highest BCUT2D eigenvalue weighted by Gasteiger charge is 2.27. The molecule has 6 rings (SSSR count). The van der Waals surface area contributed by atoms with Crippen molar-refractivity contribution in [1.29, 1.82) is 0 Å². The number of rotatable bonds is 7. The van der Waals surface area contributed by atoms with Crippen LogP contribution in [0.5, 0.6) is 0 Å². The number of amides is 1. The van der Waals surface area contributed by atoms with Crippen molar-refractivity contribution in [2.75, 3.05) is 16.5 Å². The van der Waals surface area contributed by atoms with E-state index in [9.17, 15) is 9.59 Å². The van der Waals surface area contributed by atoms with Gasteiger partial charge in [-0.1, -0.05) is 47.8 Å². The Kier molecular flexibility index (Phi) is 7.61. The molecule has 5 aromatic rings. The third-order valence-electron chi connectivity index (χ3n) is 7.80. The molecule has 1 atom stereocenters. The van der Waals surface area contributed by atoms with Crippen LogP contribution in [0.3, 0.4) is 0 Å². The maximum atomic E-state index is 13.8. The first-order valence-corrected chi connectivity index (χ1v) is 15.4. The Hall–Kier alpha value is -4.35. The Morgan fingerprint density at radius 3 is 2.65 bits per heavy atom. The number of nitrogens with one attached hydrogen (secondary N) is 2. The number of anilines is 2. The van der Waals surface area contributed by atoms with E-state index >= 15 is 0 Å². The third-order valence-corrected chi connectivity index (χ3v) is 8.40. The van der Waals surface area contributed by atoms with E-state index in [0.29, 0.717) is 35.6 Å². The highest BCUT2D eigenvalue weighted by molar-refractivity contribution is 7.97. The molecule has 0 radical (unpaired) electrons. The molecule has 10 nitrogen and oxygen atoms in total. The van der Waals surface area contributed by atoms with Crippen molar-refractivity contribution >= 4 is 52.0 Å². The molecule has 4 heterocycles. The molecular formula is C31H31ClN8O2S. The number of halogens is 1. The third kappa shape index (κ3) is 5.23. The van der Waals surface area contributed by atoms with E-state index in [1.54, 1.807) is 36.2 Å². The summed E-state index contributed by atoms with van der Waals surface area (Å²) in [6.45, 7) is 5.18. The topological polar surface area (TPSA) is 110 Å². The van der Waals surface area contributed by atoms with Gasteiger partial charge >= 0.3 is 0 Å². The number of nitrogens with zero attached hydrogens (tertiary/aromatic N) is 6. The van der Waals surface area contributed by atoms with Crippen molar-refractivity contribution in [2.24, 2.45) is 14.1 Å². The number of fused-ring (bicyclic) bond motifs is 2. The van der Waals surface area contributed by atoms with Gasteiger partial charge in [-0.2, -0.15) is 5.10 Å². The Morgan fingerprint density at radius 1 is 1.09 bits per heavy atom. The summed E-state index contributed by atoms with van der Waals surface area (Å²) >= 11 is 7.31. The molecule has 3 aromatic heterocycles. The van der Waals surface area contributed by atoms with E-state index in [4.69, 9.17) is 16.6 Å². The molecule has 2 aromatic carbocycles. The van der Waals surface area contributed by atoms with Gasteiger partial charge < -0.3 is 10.2 Å². The first-order chi connectivity index (χ1) is 20.7. The Balaban J connectivity index is 1.41. The van der Waals surface area contributed by atoms with Gasteiger partial charge in [-0.15, -0.1) is 0 Å². The minimum atomic E-state index is -0.354. The zero-order valence-electron chi connectivity index (χ0n) is 24.5. The lowest BCUT2D eigenvalue weighted by Crippen LogP contribution is -2.28. The number of hydrogen-bond donors (Lipinski definition) is 2. The standard InChI is InChI=1S/C31H31ClN8O2S/c1-17-13-21(18(2)34-24-9-10-26(32)35-28(24)29(41)37-43-5)27-22(14-17)30(42)38(3)31(36-27)40-15-19-7-6-8-20(23(19)16-40)25-11-12-33-39(25)4/h6-14,18,34H,15-16H2,1-5H3,(H,37,41). The van der Waals surface area contributed by atoms with Crippen LogP contribution in [0.25, 0.3) is 22.2 Å². The van der Waals surface area contributed by atoms with E-state index in [2.05, 4.69) is 43.2 Å². The minimum absolute atomic E-state index is 0.117. The van der Waals surface area contributed by atoms with Crippen LogP contribution in [0.2, 0.25) is 5.15 Å². The fourth-order valence-electron chi connectivity index (χ4n) is 5.77. The van der Waals surface area contributed by atoms with Crippen molar-refractivity contribution in [1.82, 2.24) is 29.0 Å². The monoisotopic (exact) mass is 614 g/mol. The summed E-state index contributed by atoms with van der Waals surface area (Å²) in [4.78, 5) is 38.1. The quantitative estimate of drug-likeness (QED) is 0.185. The molecule has 0 saturated heterocycles. The van der Waals surface area contributed by atoms with Crippen LogP contribution < -0.4 is 20.5 Å². The second kappa shape index (κ2) is 11.4. The molecule has 43 heavy (non-hydrogen) atoms. The van der Waals surface area contributed by atoms with Crippen LogP contribution in [-0.4, -0.2) is 36.5 Å². The molecule has 1 amide bonds. The van der Waals surface area contributed by atoms with Gasteiger partial charge in [0.1, 0.15) is 5.15 Å². The average Bonchev–Trinajstić information content (AvgIpc) is 3.61. The lowest BCUT2D eigenvalue weighted by atomic mass is 10.0. The zero-order chi connectivity index (χ0) is 30.4. The van der Waals surface area contributed by atoms with Crippen molar-refractivity contribution < 1.29 is 4.79 Å². The highest BCUT2D eigenvalue weighted by atomic mass is 35.5. The lowest BCUT2D eigenvalue weighted by Gasteiger charge is -2.23. The van der Waals surface area contributed by atoms with E-state index < -0.39 is 0 Å². The minimum Gasteiger partial charge on any atom is -0.377 e. The number of benzene rings is 2. The smallest absolute Gasteiger partial charge is 0.281 e. The predicted molar refractivity (Wildman–Crippen MR) is 173 cm³/mol. The van der Waals surface area contributed by atoms with Gasteiger partial charge in [-0.3, -0.25) is 23.6 Å². The summed E-state index contributed by atoms with van der Waals surface area (Å²) in [5, 5.41) is 8.53. The van der Waals surface area contributed by atoms with Gasteiger partial charge in [0.05, 0.1) is 28.3 Å². The number of aromatic nitrogens is 5. The van der Waals surface area contributed by atoms with Crippen molar-refractivity contribution in [2.45, 2.75) is 33.0 Å². The summed E-state index contributed by atoms with van der Waals surface area (Å²) < 4.78 is 6.21. The van der Waals surface area contributed by atoms with Gasteiger partial charge in [0.15, 0.2) is 5.69 Å². The maximum absolute atomic E-state index is 13.8. The maximum Gasteiger partial charge on any atom is 0.281 e. The second-order valence-electron chi connectivity index (χ2n) is 10.7. The Bertz CT molecular complexity index is 1950. The fourth-order valence-corrected chi connectivity index (χ4v) is 6.20. The molecule has 12 heteroatoms. The van der Waals surface area contributed by atoms with Crippen LogP contribution in [0.15, 0.2) is 59.5 Å². The number of hydrogen-bond acceptors (Lipinski definition) is 8. The number of aryl methyl sites for hydroxylation is 2. The van der Waals surface area contributed by atoms with Crippen LogP contribution in [0, 0.1) is 6.92 Å². The summed E-state index contributed by atoms with van der Waals surface area (Å²) in [7, 11) is 3.71. The average molecular weight is 615 g/mol. The van der Waals surface area contributed by atoms with E-state index in [1.807, 2.05) is 43.8 Å². The normalized spacial score (nSPS) is 13.3. The molecule has 0 aliphatic carbocycles. The van der Waals surface area contributed by atoms with Gasteiger partial charge in [0, 0.05) is 50.8 Å². The van der Waals surface area contributed by atoms with Gasteiger partial charge in [-0.05, 0) is 54.8 Å². The van der Waals surface area contributed by atoms with Gasteiger partial charge in [0.25, 0.3) is 11.5 Å². The van der Waals surface area contributed by atoms with Crippen molar-refractivity contribution in [3.05, 3.63) is 98.2 Å². The zero-order valence-corrected chi connectivity index (χ0v) is 26.0. The second-order valence-corrected chi connectivity index (χ2v) is 11.7. The van der Waals surface area contributed by atoms with Crippen molar-refractivity contribution in [3.8, 4) is 11.3 Å². The van der Waals surface area contributed by atoms with Crippen LogP contribution in [0.4, 0.5) is 11.6 Å². The first kappa shape index (κ1) is 28.8. The Labute approximate surface area is 258 Å². The predicted octanol–water partition coefficient (Wildman–Crippen LogP) is 5.39. The fraction of sp³-hybridized carbons (Fsp3) is 0.258. The summed E-state index contributed by atoms with van der Waals surface area (Å²) in [6, 6.07) is 15.3. The molecule has 2 N–H and O–H groups in total. The van der Waals surface area contributed by atoms with Crippen molar-refractivity contribution in [3.63, 3.8) is 0 Å². The summed E-state index contributed by atoms with van der Waals surface area (Å²) in [5.41, 5.74) is 7.55. The van der Waals surface area contributed by atoms with Crippen LogP contribution >= 0.6 is 23.5 Å². The molecule has 0 bridgehead atoms. The molecule has 0 spiro atoms. The Morgan fingerprint density at radius 2 is 1.91 bits per heavy atom. The SMILES string of the molecule is CSNC(=O)c1nc(Cl)ccc1NC(C)c1cc(C)cc2c(=O)n(C)c(N3Cc4cccc(-c5ccnn5C)c4C3)nc12. The van der Waals surface area contributed by atoms with Gasteiger partial charge in [0.2, 0.25) is 5.95 Å². The number of pyridine rings is 1. The van der Waals surface area contributed by atoms with Crippen LogP contribution in [0.1, 0.15) is 45.7 Å².